The van der Waals surface area contributed by atoms with Gasteiger partial charge in [0.25, 0.3) is 0 Å². The third-order valence-electron chi connectivity index (χ3n) is 1.85. The van der Waals surface area contributed by atoms with Crippen LogP contribution in [0.25, 0.3) is 0 Å². The highest BCUT2D eigenvalue weighted by Crippen LogP contribution is 2.10. The summed E-state index contributed by atoms with van der Waals surface area (Å²) in [5.41, 5.74) is 1.99. The minimum atomic E-state index is -0.893. The standard InChI is InChI=1S/C11H16O2SSi/c1-15(2)13-14-8-7-10-3-5-11(9-12)6-4-10/h3-6,9,15H,7-8H2,1-2H3. The molecule has 1 aromatic carbocycles. The lowest BCUT2D eigenvalue weighted by molar-refractivity contribution is 0.112. The Kier molecular flexibility index (Phi) is 5.68. The second-order valence-corrected chi connectivity index (χ2v) is 7.09. The van der Waals surface area contributed by atoms with E-state index in [2.05, 4.69) is 13.1 Å². The molecule has 0 atom stereocenters. The molecule has 0 saturated carbocycles. The number of aryl methyl sites for hydroxylation is 1. The van der Waals surface area contributed by atoms with Gasteiger partial charge in [-0.05, 0) is 37.1 Å². The molecule has 82 valence electrons. The Hall–Kier alpha value is -0.583. The fourth-order valence-electron chi connectivity index (χ4n) is 1.11. The van der Waals surface area contributed by atoms with Gasteiger partial charge >= 0.3 is 0 Å². The second-order valence-electron chi connectivity index (χ2n) is 3.58. The number of aldehydes is 1. The molecule has 0 amide bonds. The van der Waals surface area contributed by atoms with Crippen molar-refractivity contribution in [2.45, 2.75) is 19.5 Å². The second kappa shape index (κ2) is 6.82. The summed E-state index contributed by atoms with van der Waals surface area (Å²) in [6.07, 6.45) is 1.86. The predicted molar refractivity (Wildman–Crippen MR) is 68.0 cm³/mol. The average Bonchev–Trinajstić information content (AvgIpc) is 2.25. The first kappa shape index (κ1) is 12.5. The number of carbonyl (C=O) groups excluding carboxylic acids is 1. The van der Waals surface area contributed by atoms with Gasteiger partial charge in [-0.2, -0.15) is 0 Å². The average molecular weight is 240 g/mol. The molecule has 2 nitrogen and oxygen atoms in total. The minimum Gasteiger partial charge on any atom is -0.361 e. The van der Waals surface area contributed by atoms with Crippen LogP contribution in [0, 0.1) is 0 Å². The van der Waals surface area contributed by atoms with Crippen molar-refractivity contribution in [2.24, 2.45) is 0 Å². The van der Waals surface area contributed by atoms with Crippen LogP contribution in [0.5, 0.6) is 0 Å². The molecule has 1 rings (SSSR count). The van der Waals surface area contributed by atoms with Crippen LogP contribution in [0.4, 0.5) is 0 Å². The third kappa shape index (κ3) is 5.16. The summed E-state index contributed by atoms with van der Waals surface area (Å²) in [6, 6.07) is 7.70. The van der Waals surface area contributed by atoms with E-state index in [9.17, 15) is 4.79 Å². The topological polar surface area (TPSA) is 26.3 Å². The normalized spacial score (nSPS) is 10.6. The molecule has 0 N–H and O–H groups in total. The number of rotatable bonds is 6. The maximum absolute atomic E-state index is 10.4. The molecule has 0 fully saturated rings. The summed E-state index contributed by atoms with van der Waals surface area (Å²) in [5, 5.41) is 0. The number of hydrogen-bond donors (Lipinski definition) is 0. The van der Waals surface area contributed by atoms with Crippen molar-refractivity contribution in [2.75, 3.05) is 5.75 Å². The van der Waals surface area contributed by atoms with Crippen molar-refractivity contribution in [3.63, 3.8) is 0 Å². The minimum absolute atomic E-state index is 0.734. The molecule has 4 heteroatoms. The van der Waals surface area contributed by atoms with Crippen LogP contribution in [0.3, 0.4) is 0 Å². The molecular formula is C11H16O2SSi. The van der Waals surface area contributed by atoms with Gasteiger partial charge < -0.3 is 3.87 Å². The van der Waals surface area contributed by atoms with E-state index >= 15 is 0 Å². The molecule has 0 radical (unpaired) electrons. The molecule has 0 unspecified atom stereocenters. The van der Waals surface area contributed by atoms with Gasteiger partial charge in [-0.1, -0.05) is 24.3 Å². The molecule has 0 heterocycles. The molecule has 0 saturated heterocycles. The van der Waals surface area contributed by atoms with E-state index in [0.717, 1.165) is 24.0 Å². The fourth-order valence-corrected chi connectivity index (χ4v) is 2.90. The van der Waals surface area contributed by atoms with E-state index in [4.69, 9.17) is 3.87 Å². The molecule has 0 bridgehead atoms. The van der Waals surface area contributed by atoms with Crippen LogP contribution < -0.4 is 0 Å². The van der Waals surface area contributed by atoms with Gasteiger partial charge in [0.15, 0.2) is 9.04 Å². The number of hydrogen-bond acceptors (Lipinski definition) is 3. The molecule has 0 aliphatic rings. The van der Waals surface area contributed by atoms with Gasteiger partial charge in [0.2, 0.25) is 0 Å². The van der Waals surface area contributed by atoms with E-state index in [-0.39, 0.29) is 0 Å². The van der Waals surface area contributed by atoms with Gasteiger partial charge in [-0.15, -0.1) is 0 Å². The maximum atomic E-state index is 10.4. The zero-order valence-electron chi connectivity index (χ0n) is 9.10. The zero-order valence-corrected chi connectivity index (χ0v) is 11.1. The van der Waals surface area contributed by atoms with Gasteiger partial charge in [0, 0.05) is 11.3 Å². The van der Waals surface area contributed by atoms with Crippen molar-refractivity contribution in [3.8, 4) is 0 Å². The van der Waals surface area contributed by atoms with Gasteiger partial charge in [0.05, 0.1) is 0 Å². The van der Waals surface area contributed by atoms with Crippen LogP contribution in [0.1, 0.15) is 15.9 Å². The van der Waals surface area contributed by atoms with Crippen molar-refractivity contribution in [3.05, 3.63) is 35.4 Å². The first-order chi connectivity index (χ1) is 7.22. The van der Waals surface area contributed by atoms with E-state index in [1.807, 2.05) is 24.3 Å². The van der Waals surface area contributed by atoms with Gasteiger partial charge in [-0.25, -0.2) is 0 Å². The summed E-state index contributed by atoms with van der Waals surface area (Å²) >= 11 is 1.56. The first-order valence-corrected chi connectivity index (χ1v) is 8.74. The Labute approximate surface area is 97.0 Å². The Balaban J connectivity index is 2.28. The van der Waals surface area contributed by atoms with E-state index in [1.165, 1.54) is 5.56 Å². The predicted octanol–water partition coefficient (Wildman–Crippen LogP) is 2.69. The third-order valence-corrected chi connectivity index (χ3v) is 4.31. The van der Waals surface area contributed by atoms with Gasteiger partial charge in [-0.3, -0.25) is 4.79 Å². The van der Waals surface area contributed by atoms with Crippen LogP contribution in [0.2, 0.25) is 13.1 Å². The Morgan fingerprint density at radius 1 is 1.33 bits per heavy atom. The van der Waals surface area contributed by atoms with Crippen molar-refractivity contribution in [1.29, 1.82) is 0 Å². The van der Waals surface area contributed by atoms with E-state index in [0.29, 0.717) is 0 Å². The SMILES string of the molecule is C[SiH](C)OSCCc1ccc(C=O)cc1. The molecule has 1 aromatic rings. The first-order valence-electron chi connectivity index (χ1n) is 5.05. The lowest BCUT2D eigenvalue weighted by Gasteiger charge is -2.04. The Morgan fingerprint density at radius 3 is 2.53 bits per heavy atom. The molecule has 0 aromatic heterocycles. The van der Waals surface area contributed by atoms with Crippen molar-refractivity contribution in [1.82, 2.24) is 0 Å². The molecule has 0 aliphatic carbocycles. The smallest absolute Gasteiger partial charge is 0.190 e. The van der Waals surface area contributed by atoms with Crippen LogP contribution in [0.15, 0.2) is 24.3 Å². The molecule has 0 spiro atoms. The fraction of sp³-hybridized carbons (Fsp3) is 0.364. The lowest BCUT2D eigenvalue weighted by atomic mass is 10.1. The lowest BCUT2D eigenvalue weighted by Crippen LogP contribution is -2.02. The van der Waals surface area contributed by atoms with E-state index in [1.54, 1.807) is 12.0 Å². The van der Waals surface area contributed by atoms with Gasteiger partial charge in [0.1, 0.15) is 6.29 Å². The summed E-state index contributed by atoms with van der Waals surface area (Å²) < 4.78 is 5.51. The Morgan fingerprint density at radius 2 is 2.00 bits per heavy atom. The highest BCUT2D eigenvalue weighted by atomic mass is 32.2. The summed E-state index contributed by atoms with van der Waals surface area (Å²) in [4.78, 5) is 10.4. The number of carbonyl (C=O) groups is 1. The molecule has 15 heavy (non-hydrogen) atoms. The highest BCUT2D eigenvalue weighted by molar-refractivity contribution is 7.95. The summed E-state index contributed by atoms with van der Waals surface area (Å²) in [7, 11) is -0.893. The molecule has 0 aliphatic heterocycles. The maximum Gasteiger partial charge on any atom is 0.190 e. The molecular weight excluding hydrogens is 224 g/mol. The summed E-state index contributed by atoms with van der Waals surface area (Å²) in [5.74, 6) is 0.978. The largest absolute Gasteiger partial charge is 0.361 e. The highest BCUT2D eigenvalue weighted by Gasteiger charge is 1.98. The Bertz CT molecular complexity index is 298. The quantitative estimate of drug-likeness (QED) is 0.331. The summed E-state index contributed by atoms with van der Waals surface area (Å²) in [6.45, 7) is 4.32. The van der Waals surface area contributed by atoms with Crippen LogP contribution >= 0.6 is 12.0 Å². The monoisotopic (exact) mass is 240 g/mol. The van der Waals surface area contributed by atoms with Crippen molar-refractivity contribution < 1.29 is 8.67 Å². The van der Waals surface area contributed by atoms with E-state index < -0.39 is 9.04 Å². The zero-order chi connectivity index (χ0) is 11.1. The number of benzene rings is 1. The van der Waals surface area contributed by atoms with Crippen LogP contribution in [-0.4, -0.2) is 21.1 Å². The van der Waals surface area contributed by atoms with Crippen LogP contribution in [-0.2, 0) is 10.3 Å². The van der Waals surface area contributed by atoms with Crippen molar-refractivity contribution >= 4 is 27.4 Å².